The Labute approximate surface area is 141 Å². The zero-order valence-electron chi connectivity index (χ0n) is 13.9. The molecule has 0 bridgehead atoms. The number of rotatable bonds is 7. The van der Waals surface area contributed by atoms with Gasteiger partial charge < -0.3 is 20.6 Å². The predicted molar refractivity (Wildman–Crippen MR) is 88.9 cm³/mol. The number of carbonyl (C=O) groups excluding carboxylic acids is 1. The zero-order chi connectivity index (χ0) is 17.5. The second-order valence-corrected chi connectivity index (χ2v) is 6.41. The summed E-state index contributed by atoms with van der Waals surface area (Å²) >= 11 is 0. The highest BCUT2D eigenvalue weighted by Crippen LogP contribution is 2.24. The molecule has 1 fully saturated rings. The van der Waals surface area contributed by atoms with Gasteiger partial charge in [-0.25, -0.2) is 13.6 Å². The zero-order valence-corrected chi connectivity index (χ0v) is 13.9. The maximum absolute atomic E-state index is 13.3. The lowest BCUT2D eigenvalue weighted by molar-refractivity contribution is 0.232. The number of halogens is 2. The second-order valence-electron chi connectivity index (χ2n) is 6.41. The van der Waals surface area contributed by atoms with Gasteiger partial charge in [0.05, 0.1) is 0 Å². The summed E-state index contributed by atoms with van der Waals surface area (Å²) in [6.45, 7) is 4.61. The molecule has 134 valence electrons. The number of hydrogen-bond donors (Lipinski definition) is 3. The molecule has 2 rings (SSSR count). The molecule has 2 unspecified atom stereocenters. The Kier molecular flexibility index (Phi) is 6.78. The van der Waals surface area contributed by atoms with Crippen LogP contribution < -0.4 is 15.5 Å². The Balaban J connectivity index is 1.72. The molecule has 1 aromatic rings. The van der Waals surface area contributed by atoms with Gasteiger partial charge >= 0.3 is 6.03 Å². The van der Waals surface area contributed by atoms with Crippen LogP contribution in [0.2, 0.25) is 0 Å². The van der Waals surface area contributed by atoms with Crippen LogP contribution >= 0.6 is 0 Å². The van der Waals surface area contributed by atoms with Crippen LogP contribution in [0.3, 0.4) is 0 Å². The third-order valence-electron chi connectivity index (χ3n) is 4.34. The van der Waals surface area contributed by atoms with Gasteiger partial charge in [-0.3, -0.25) is 0 Å². The molecule has 24 heavy (non-hydrogen) atoms. The molecule has 0 saturated carbocycles. The molecule has 1 heterocycles. The van der Waals surface area contributed by atoms with Crippen molar-refractivity contribution in [1.82, 2.24) is 10.6 Å². The Hall–Kier alpha value is -1.89. The third-order valence-corrected chi connectivity index (χ3v) is 4.34. The van der Waals surface area contributed by atoms with Gasteiger partial charge in [0.25, 0.3) is 0 Å². The lowest BCUT2D eigenvalue weighted by Crippen LogP contribution is -2.40. The fourth-order valence-electron chi connectivity index (χ4n) is 2.80. The van der Waals surface area contributed by atoms with Crippen LogP contribution in [0, 0.1) is 23.5 Å². The average molecular weight is 341 g/mol. The van der Waals surface area contributed by atoms with Crippen LogP contribution in [-0.2, 0) is 0 Å². The van der Waals surface area contributed by atoms with E-state index < -0.39 is 11.6 Å². The summed E-state index contributed by atoms with van der Waals surface area (Å²) in [6.07, 6.45) is 1.55. The number of hydrogen-bond acceptors (Lipinski definition) is 3. The number of aliphatic hydroxyl groups excluding tert-OH is 1. The topological polar surface area (TPSA) is 64.6 Å². The number of aliphatic hydroxyl groups is 1. The van der Waals surface area contributed by atoms with E-state index in [9.17, 15) is 13.6 Å². The number of urea groups is 1. The molecule has 5 nitrogen and oxygen atoms in total. The minimum atomic E-state index is -0.844. The molecule has 3 N–H and O–H groups in total. The smallest absolute Gasteiger partial charge is 0.314 e. The van der Waals surface area contributed by atoms with Crippen LogP contribution in [-0.4, -0.2) is 43.9 Å². The molecule has 2 atom stereocenters. The molecule has 0 radical (unpaired) electrons. The molecule has 1 aliphatic rings. The third kappa shape index (κ3) is 5.33. The van der Waals surface area contributed by atoms with Crippen LogP contribution in [0.4, 0.5) is 19.3 Å². The molecule has 2 amide bonds. The predicted octanol–water partition coefficient (Wildman–Crippen LogP) is 2.11. The van der Waals surface area contributed by atoms with Crippen LogP contribution in [0.25, 0.3) is 0 Å². The van der Waals surface area contributed by atoms with E-state index in [-0.39, 0.29) is 24.5 Å². The van der Waals surface area contributed by atoms with Gasteiger partial charge in [0.15, 0.2) is 11.6 Å². The highest BCUT2D eigenvalue weighted by atomic mass is 19.2. The summed E-state index contributed by atoms with van der Waals surface area (Å²) in [6, 6.07) is 3.70. The lowest BCUT2D eigenvalue weighted by atomic mass is 10.1. The van der Waals surface area contributed by atoms with Crippen molar-refractivity contribution < 1.29 is 18.7 Å². The fourth-order valence-corrected chi connectivity index (χ4v) is 2.80. The Morgan fingerprint density at radius 2 is 2.17 bits per heavy atom. The maximum Gasteiger partial charge on any atom is 0.314 e. The minimum absolute atomic E-state index is 0.117. The first-order chi connectivity index (χ1) is 11.5. The van der Waals surface area contributed by atoms with Crippen molar-refractivity contribution in [2.45, 2.75) is 19.8 Å². The van der Waals surface area contributed by atoms with Gasteiger partial charge in [-0.15, -0.1) is 0 Å². The van der Waals surface area contributed by atoms with Crippen molar-refractivity contribution in [3.8, 4) is 0 Å². The van der Waals surface area contributed by atoms with Crippen LogP contribution in [0.15, 0.2) is 18.2 Å². The largest absolute Gasteiger partial charge is 0.396 e. The highest BCUT2D eigenvalue weighted by molar-refractivity contribution is 5.73. The van der Waals surface area contributed by atoms with Crippen molar-refractivity contribution >= 4 is 11.7 Å². The number of anilines is 1. The molecule has 0 spiro atoms. The summed E-state index contributed by atoms with van der Waals surface area (Å²) in [5.74, 6) is -1.18. The van der Waals surface area contributed by atoms with Crippen LogP contribution in [0.5, 0.6) is 0 Å². The normalized spacial score (nSPS) is 18.5. The number of nitrogens with one attached hydrogen (secondary N) is 2. The standard InChI is InChI=1S/C17H25F2N3O2/c1-12(5-7-23)9-20-17(24)21-10-13-4-6-22(11-13)14-2-3-15(18)16(19)8-14/h2-3,8,12-13,23H,4-7,9-11H2,1H3,(H2,20,21,24). The molecule has 1 aromatic carbocycles. The van der Waals surface area contributed by atoms with E-state index >= 15 is 0 Å². The quantitative estimate of drug-likeness (QED) is 0.712. The first-order valence-electron chi connectivity index (χ1n) is 8.32. The number of carbonyl (C=O) groups is 1. The molecule has 1 saturated heterocycles. The molecular weight excluding hydrogens is 316 g/mol. The van der Waals surface area contributed by atoms with Gasteiger partial charge in [0.2, 0.25) is 0 Å². The fraction of sp³-hybridized carbons (Fsp3) is 0.588. The van der Waals surface area contributed by atoms with E-state index in [2.05, 4.69) is 10.6 Å². The van der Waals surface area contributed by atoms with Gasteiger partial charge in [-0.1, -0.05) is 6.92 Å². The van der Waals surface area contributed by atoms with E-state index in [4.69, 9.17) is 5.11 Å². The van der Waals surface area contributed by atoms with Gasteiger partial charge in [0, 0.05) is 44.5 Å². The van der Waals surface area contributed by atoms with Crippen molar-refractivity contribution in [1.29, 1.82) is 0 Å². The monoisotopic (exact) mass is 341 g/mol. The maximum atomic E-state index is 13.3. The average Bonchev–Trinajstić information content (AvgIpc) is 3.03. The van der Waals surface area contributed by atoms with E-state index in [0.29, 0.717) is 31.7 Å². The molecule has 0 aliphatic carbocycles. The van der Waals surface area contributed by atoms with E-state index in [1.165, 1.54) is 6.07 Å². The summed E-state index contributed by atoms with van der Waals surface area (Å²) in [5.41, 5.74) is 0.665. The van der Waals surface area contributed by atoms with E-state index in [1.54, 1.807) is 6.07 Å². The summed E-state index contributed by atoms with van der Waals surface area (Å²) in [5, 5.41) is 14.4. The van der Waals surface area contributed by atoms with Crippen molar-refractivity contribution in [3.05, 3.63) is 29.8 Å². The van der Waals surface area contributed by atoms with Gasteiger partial charge in [-0.2, -0.15) is 0 Å². The minimum Gasteiger partial charge on any atom is -0.396 e. The highest BCUT2D eigenvalue weighted by Gasteiger charge is 2.23. The number of benzene rings is 1. The lowest BCUT2D eigenvalue weighted by Gasteiger charge is -2.19. The van der Waals surface area contributed by atoms with Gasteiger partial charge in [0.1, 0.15) is 0 Å². The second kappa shape index (κ2) is 8.82. The van der Waals surface area contributed by atoms with E-state index in [1.807, 2.05) is 11.8 Å². The molecule has 0 aromatic heterocycles. The Bertz CT molecular complexity index is 557. The summed E-state index contributed by atoms with van der Waals surface area (Å²) in [7, 11) is 0. The van der Waals surface area contributed by atoms with E-state index in [0.717, 1.165) is 19.0 Å². The molecular formula is C17H25F2N3O2. The molecule has 1 aliphatic heterocycles. The SMILES string of the molecule is CC(CCO)CNC(=O)NCC1CCN(c2ccc(F)c(F)c2)C1. The first-order valence-corrected chi connectivity index (χ1v) is 8.32. The van der Waals surface area contributed by atoms with Gasteiger partial charge in [-0.05, 0) is 36.8 Å². The van der Waals surface area contributed by atoms with Crippen molar-refractivity contribution in [2.24, 2.45) is 11.8 Å². The number of nitrogens with zero attached hydrogens (tertiary/aromatic N) is 1. The summed E-state index contributed by atoms with van der Waals surface area (Å²) in [4.78, 5) is 13.7. The van der Waals surface area contributed by atoms with Crippen LogP contribution in [0.1, 0.15) is 19.8 Å². The van der Waals surface area contributed by atoms with Crippen molar-refractivity contribution in [3.63, 3.8) is 0 Å². The van der Waals surface area contributed by atoms with Crippen molar-refractivity contribution in [2.75, 3.05) is 37.7 Å². The first kappa shape index (κ1) is 18.4. The summed E-state index contributed by atoms with van der Waals surface area (Å²) < 4.78 is 26.3. The Morgan fingerprint density at radius 3 is 2.88 bits per heavy atom. The molecule has 7 heteroatoms. The number of amides is 2. The Morgan fingerprint density at radius 1 is 1.38 bits per heavy atom.